The highest BCUT2D eigenvalue weighted by Gasteiger charge is 2.16. The molecule has 1 N–H and O–H groups in total. The van der Waals surface area contributed by atoms with Crippen LogP contribution in [0.15, 0.2) is 40.6 Å². The van der Waals surface area contributed by atoms with Crippen LogP contribution in [0.3, 0.4) is 0 Å². The van der Waals surface area contributed by atoms with Gasteiger partial charge < -0.3 is 9.73 Å². The molecule has 0 aliphatic rings. The van der Waals surface area contributed by atoms with Gasteiger partial charge in [-0.3, -0.25) is 9.36 Å². The van der Waals surface area contributed by atoms with E-state index in [2.05, 4.69) is 35.9 Å². The van der Waals surface area contributed by atoms with Gasteiger partial charge in [-0.1, -0.05) is 31.7 Å². The summed E-state index contributed by atoms with van der Waals surface area (Å²) in [5, 5.41) is 11.8. The lowest BCUT2D eigenvalue weighted by atomic mass is 10.2. The zero-order valence-electron chi connectivity index (χ0n) is 12.8. The van der Waals surface area contributed by atoms with Gasteiger partial charge in [0, 0.05) is 13.1 Å². The third-order valence-corrected chi connectivity index (χ3v) is 3.78. The van der Waals surface area contributed by atoms with Crippen LogP contribution in [-0.4, -0.2) is 33.0 Å². The van der Waals surface area contributed by atoms with Crippen molar-refractivity contribution in [3.8, 4) is 11.6 Å². The van der Waals surface area contributed by atoms with Crippen molar-refractivity contribution in [2.45, 2.75) is 25.5 Å². The zero-order chi connectivity index (χ0) is 15.9. The third kappa shape index (κ3) is 4.24. The average Bonchev–Trinajstić information content (AvgIpc) is 3.12. The largest absolute Gasteiger partial charge is 0.461 e. The molecule has 0 fully saturated rings. The number of nitrogens with zero attached hydrogens (tertiary/aromatic N) is 3. The van der Waals surface area contributed by atoms with Gasteiger partial charge in [-0.2, -0.15) is 0 Å². The van der Waals surface area contributed by atoms with Crippen LogP contribution in [0, 0.1) is 5.92 Å². The van der Waals surface area contributed by atoms with Crippen molar-refractivity contribution in [2.24, 2.45) is 5.92 Å². The first-order valence-electron chi connectivity index (χ1n) is 7.09. The molecule has 0 spiro atoms. The number of furan rings is 1. The average molecular weight is 320 g/mol. The SMILES string of the molecule is C=CCn1c(SCC(=O)NCC(C)C)nnc1-c1ccco1. The van der Waals surface area contributed by atoms with E-state index >= 15 is 0 Å². The molecule has 6 nitrogen and oxygen atoms in total. The van der Waals surface area contributed by atoms with E-state index in [-0.39, 0.29) is 5.91 Å². The molecule has 22 heavy (non-hydrogen) atoms. The first-order chi connectivity index (χ1) is 10.6. The Bertz CT molecular complexity index is 620. The van der Waals surface area contributed by atoms with Crippen LogP contribution in [0.2, 0.25) is 0 Å². The van der Waals surface area contributed by atoms with E-state index < -0.39 is 0 Å². The molecular weight excluding hydrogens is 300 g/mol. The number of nitrogens with one attached hydrogen (secondary N) is 1. The molecule has 0 atom stereocenters. The number of hydrogen-bond acceptors (Lipinski definition) is 5. The second-order valence-corrected chi connectivity index (χ2v) is 6.11. The lowest BCUT2D eigenvalue weighted by molar-refractivity contribution is -0.118. The third-order valence-electron chi connectivity index (χ3n) is 2.81. The first-order valence-corrected chi connectivity index (χ1v) is 8.07. The molecule has 0 saturated carbocycles. The normalized spacial score (nSPS) is 10.9. The Balaban J connectivity index is 2.05. The quantitative estimate of drug-likeness (QED) is 0.598. The smallest absolute Gasteiger partial charge is 0.230 e. The Kier molecular flexibility index (Phi) is 5.83. The minimum absolute atomic E-state index is 0.00796. The summed E-state index contributed by atoms with van der Waals surface area (Å²) >= 11 is 1.35. The van der Waals surface area contributed by atoms with E-state index in [1.54, 1.807) is 18.4 Å². The number of aromatic nitrogens is 3. The molecule has 2 aromatic heterocycles. The van der Waals surface area contributed by atoms with Crippen molar-refractivity contribution in [1.29, 1.82) is 0 Å². The number of hydrogen-bond donors (Lipinski definition) is 1. The Hall–Kier alpha value is -2.02. The van der Waals surface area contributed by atoms with Crippen molar-refractivity contribution >= 4 is 17.7 Å². The van der Waals surface area contributed by atoms with E-state index in [1.165, 1.54) is 11.8 Å². The number of thioether (sulfide) groups is 1. The van der Waals surface area contributed by atoms with E-state index in [0.717, 1.165) is 0 Å². The fourth-order valence-corrected chi connectivity index (χ4v) is 2.55. The fraction of sp³-hybridized carbons (Fsp3) is 0.400. The molecule has 2 rings (SSSR count). The maximum atomic E-state index is 11.8. The van der Waals surface area contributed by atoms with Crippen molar-refractivity contribution in [3.63, 3.8) is 0 Å². The van der Waals surface area contributed by atoms with Gasteiger partial charge >= 0.3 is 0 Å². The predicted molar refractivity (Wildman–Crippen MR) is 86.5 cm³/mol. The molecule has 0 bridgehead atoms. The highest BCUT2D eigenvalue weighted by molar-refractivity contribution is 7.99. The van der Waals surface area contributed by atoms with Gasteiger partial charge in [0.1, 0.15) is 0 Å². The topological polar surface area (TPSA) is 73.0 Å². The molecule has 0 aromatic carbocycles. The Morgan fingerprint density at radius 3 is 3.00 bits per heavy atom. The molecule has 0 unspecified atom stereocenters. The fourth-order valence-electron chi connectivity index (χ4n) is 1.78. The van der Waals surface area contributed by atoms with Gasteiger partial charge in [-0.15, -0.1) is 16.8 Å². The van der Waals surface area contributed by atoms with Crippen LogP contribution in [-0.2, 0) is 11.3 Å². The van der Waals surface area contributed by atoms with Gasteiger partial charge in [-0.05, 0) is 18.1 Å². The molecule has 0 aliphatic carbocycles. The maximum absolute atomic E-state index is 11.8. The van der Waals surface area contributed by atoms with Gasteiger partial charge in [0.25, 0.3) is 0 Å². The Morgan fingerprint density at radius 2 is 2.36 bits per heavy atom. The number of carbonyl (C=O) groups is 1. The molecule has 118 valence electrons. The van der Waals surface area contributed by atoms with Gasteiger partial charge in [0.2, 0.25) is 11.7 Å². The van der Waals surface area contributed by atoms with Crippen LogP contribution in [0.5, 0.6) is 0 Å². The van der Waals surface area contributed by atoms with Crippen LogP contribution < -0.4 is 5.32 Å². The second-order valence-electron chi connectivity index (χ2n) is 5.17. The van der Waals surface area contributed by atoms with Gasteiger partial charge in [0.15, 0.2) is 10.9 Å². The molecule has 0 aliphatic heterocycles. The zero-order valence-corrected chi connectivity index (χ0v) is 13.6. The first kappa shape index (κ1) is 16.4. The molecule has 7 heteroatoms. The summed E-state index contributed by atoms with van der Waals surface area (Å²) in [6.07, 6.45) is 3.35. The summed E-state index contributed by atoms with van der Waals surface area (Å²) in [6.45, 7) is 9.10. The van der Waals surface area contributed by atoms with Gasteiger partial charge in [0.05, 0.1) is 12.0 Å². The minimum Gasteiger partial charge on any atom is -0.461 e. The summed E-state index contributed by atoms with van der Waals surface area (Å²) in [4.78, 5) is 11.8. The van der Waals surface area contributed by atoms with Gasteiger partial charge in [-0.25, -0.2) is 0 Å². The summed E-state index contributed by atoms with van der Waals surface area (Å²) in [6, 6.07) is 3.63. The standard InChI is InChI=1S/C15H20N4O2S/c1-4-7-19-14(12-6-5-8-21-12)17-18-15(19)22-10-13(20)16-9-11(2)3/h4-6,8,11H,1,7,9-10H2,2-3H3,(H,16,20). The van der Waals surface area contributed by atoms with Crippen LogP contribution in [0.4, 0.5) is 0 Å². The maximum Gasteiger partial charge on any atom is 0.230 e. The Morgan fingerprint density at radius 1 is 1.55 bits per heavy atom. The summed E-state index contributed by atoms with van der Waals surface area (Å²) in [7, 11) is 0. The molecule has 2 aromatic rings. The molecule has 0 radical (unpaired) electrons. The van der Waals surface area contributed by atoms with Crippen LogP contribution >= 0.6 is 11.8 Å². The lowest BCUT2D eigenvalue weighted by Crippen LogP contribution is -2.28. The molecule has 0 saturated heterocycles. The van der Waals surface area contributed by atoms with Crippen molar-refractivity contribution < 1.29 is 9.21 Å². The molecule has 2 heterocycles. The molecule has 1 amide bonds. The number of amides is 1. The number of allylic oxidation sites excluding steroid dienone is 1. The second kappa shape index (κ2) is 7.84. The van der Waals surface area contributed by atoms with E-state index in [9.17, 15) is 4.79 Å². The van der Waals surface area contributed by atoms with Crippen molar-refractivity contribution in [3.05, 3.63) is 31.1 Å². The summed E-state index contributed by atoms with van der Waals surface area (Å²) in [5.41, 5.74) is 0. The number of carbonyl (C=O) groups excluding carboxylic acids is 1. The van der Waals surface area contributed by atoms with Crippen molar-refractivity contribution in [1.82, 2.24) is 20.1 Å². The highest BCUT2D eigenvalue weighted by atomic mass is 32.2. The van der Waals surface area contributed by atoms with Crippen molar-refractivity contribution in [2.75, 3.05) is 12.3 Å². The predicted octanol–water partition coefficient (Wildman–Crippen LogP) is 2.59. The lowest BCUT2D eigenvalue weighted by Gasteiger charge is -2.08. The highest BCUT2D eigenvalue weighted by Crippen LogP contribution is 2.24. The summed E-state index contributed by atoms with van der Waals surface area (Å²) < 4.78 is 7.25. The number of rotatable bonds is 8. The minimum atomic E-state index is -0.00796. The van der Waals surface area contributed by atoms with E-state index in [1.807, 2.05) is 10.6 Å². The molecular formula is C15H20N4O2S. The van der Waals surface area contributed by atoms with Crippen LogP contribution in [0.1, 0.15) is 13.8 Å². The summed E-state index contributed by atoms with van der Waals surface area (Å²) in [5.74, 6) is 2.01. The van der Waals surface area contributed by atoms with Crippen LogP contribution in [0.25, 0.3) is 11.6 Å². The Labute approximate surface area is 134 Å². The monoisotopic (exact) mass is 320 g/mol. The van der Waals surface area contributed by atoms with E-state index in [4.69, 9.17) is 4.42 Å². The van der Waals surface area contributed by atoms with E-state index in [0.29, 0.717) is 41.5 Å².